The number of imidazole rings is 1. The minimum Gasteiger partial charge on any atom is -0.744 e. The summed E-state index contributed by atoms with van der Waals surface area (Å²) in [5.41, 5.74) is 9.78. The number of benzene rings is 3. The van der Waals surface area contributed by atoms with E-state index < -0.39 is 112 Å². The van der Waals surface area contributed by atoms with Crippen LogP contribution in [-0.4, -0.2) is 127 Å². The maximum atomic E-state index is 14.0. The molecular formula is C41H51N10O21P3S2. The molecular weight excluding hydrogens is 1130 g/mol. The summed E-state index contributed by atoms with van der Waals surface area (Å²) < 4.78 is 136. The molecule has 14 N–H and O–H groups in total. The molecule has 2 amide bonds. The number of amides is 2. The van der Waals surface area contributed by atoms with E-state index in [1.54, 1.807) is 6.07 Å². The molecule has 0 saturated carbocycles. The van der Waals surface area contributed by atoms with E-state index in [0.717, 1.165) is 12.1 Å². The molecule has 0 radical (unpaired) electrons. The van der Waals surface area contributed by atoms with Gasteiger partial charge in [-0.15, -0.1) is 0 Å². The van der Waals surface area contributed by atoms with Crippen LogP contribution < -0.4 is 38.2 Å². The van der Waals surface area contributed by atoms with Crippen molar-refractivity contribution in [2.24, 2.45) is 0 Å². The van der Waals surface area contributed by atoms with E-state index in [2.05, 4.69) is 28.9 Å². The summed E-state index contributed by atoms with van der Waals surface area (Å²) in [7, 11) is -25.4. The van der Waals surface area contributed by atoms with Crippen molar-refractivity contribution in [3.63, 3.8) is 0 Å². The van der Waals surface area contributed by atoms with Crippen LogP contribution in [0.1, 0.15) is 61.5 Å². The van der Waals surface area contributed by atoms with Gasteiger partial charge in [-0.05, 0) is 49.1 Å². The molecule has 0 bridgehead atoms. The predicted octanol–water partition coefficient (Wildman–Crippen LogP) is 0.431. The number of hydrogen-bond donors (Lipinski definition) is 11. The second kappa shape index (κ2) is 23.2. The predicted molar refractivity (Wildman–Crippen MR) is 266 cm³/mol. The molecule has 7 rings (SSSR count). The highest BCUT2D eigenvalue weighted by Gasteiger charge is 2.43. The Hall–Kier alpha value is -5.83. The number of aromatic nitrogens is 4. The third-order valence-electron chi connectivity index (χ3n) is 11.7. The number of fused-ring (bicyclic) bond motifs is 3. The van der Waals surface area contributed by atoms with E-state index in [9.17, 15) is 73.8 Å². The Morgan fingerprint density at radius 3 is 2.36 bits per heavy atom. The van der Waals surface area contributed by atoms with Gasteiger partial charge in [-0.1, -0.05) is 31.0 Å². The van der Waals surface area contributed by atoms with Crippen molar-refractivity contribution in [2.45, 2.75) is 73.2 Å². The van der Waals surface area contributed by atoms with Crippen LogP contribution >= 0.6 is 23.4 Å². The summed E-state index contributed by atoms with van der Waals surface area (Å²) in [5.74, 6) is -1.76. The number of nitrogens with zero attached hydrogens (tertiary/aromatic N) is 4. The molecule has 77 heavy (non-hydrogen) atoms. The summed E-state index contributed by atoms with van der Waals surface area (Å²) in [6, 6.07) is 11.0. The molecule has 1 aliphatic carbocycles. The van der Waals surface area contributed by atoms with Crippen molar-refractivity contribution in [3.05, 3.63) is 76.1 Å². The average molecular weight is 1180 g/mol. The Kier molecular flexibility index (Phi) is 17.8. The topological polar surface area (TPSA) is 496 Å². The maximum absolute atomic E-state index is 14.0. The quantitative estimate of drug-likeness (QED) is 0.0129. The minimum absolute atomic E-state index is 0.00274. The lowest BCUT2D eigenvalue weighted by Gasteiger charge is -2.23. The largest absolute Gasteiger partial charge is 0.744 e. The summed E-state index contributed by atoms with van der Waals surface area (Å²) in [6.07, 6.45) is -0.741. The van der Waals surface area contributed by atoms with Gasteiger partial charge in [-0.3, -0.25) is 38.4 Å². The monoisotopic (exact) mass is 1180 g/mol. The zero-order valence-electron chi connectivity index (χ0n) is 40.2. The zero-order valence-corrected chi connectivity index (χ0v) is 44.5. The molecule has 418 valence electrons. The van der Waals surface area contributed by atoms with E-state index in [-0.39, 0.29) is 96.0 Å². The lowest BCUT2D eigenvalue weighted by atomic mass is 9.90. The van der Waals surface area contributed by atoms with E-state index in [0.29, 0.717) is 19.3 Å². The third-order valence-corrected chi connectivity index (χ3v) is 18.0. The standard InChI is InChI=1S/C41H51N10O21P3S2/c1-50(40(55)23-10-5-4-9-22(23)32-24-12-14-26(42)36(76(62,63)64)34(24)70-35-25(32)13-15-27(43)37(35)77(65,66)67)18-8-11-30(53)45-16-6-2-3-7-17-47-73(56,57)71-75(60,61)72-74(58,59)68-20-29-28(52)19-31(69-29)51-21-46-33-38(51)48-41(44)49-39(33)54/h4-5,9-10,12-15,21,28-29,31,42,52H,2-3,6-8,11,16-20,43H2,1H3,(H,45,53)(H,58,59)(H,60,61)(H2,47,56,57)(H,62,63,64)(H,65,66,67)(H3,44,48,49,54)/t28-,29+,31+/m0/s1. The van der Waals surface area contributed by atoms with Gasteiger partial charge in [0.2, 0.25) is 22.1 Å². The van der Waals surface area contributed by atoms with Crippen molar-refractivity contribution in [1.82, 2.24) is 34.8 Å². The van der Waals surface area contributed by atoms with Gasteiger partial charge in [0.15, 0.2) is 22.5 Å². The number of carbonyl (C=O) groups is 2. The van der Waals surface area contributed by atoms with Crippen molar-refractivity contribution < 1.29 is 96.7 Å². The fourth-order valence-corrected chi connectivity index (χ4v) is 13.6. The maximum Gasteiger partial charge on any atom is 0.489 e. The Bertz CT molecular complexity index is 3730. The first-order valence-corrected chi connectivity index (χ1v) is 30.2. The van der Waals surface area contributed by atoms with Crippen molar-refractivity contribution in [1.29, 1.82) is 0 Å². The van der Waals surface area contributed by atoms with E-state index in [4.69, 9.17) is 30.6 Å². The summed E-state index contributed by atoms with van der Waals surface area (Å²) >= 11 is 0. The number of aliphatic hydroxyl groups excluding tert-OH is 1. The summed E-state index contributed by atoms with van der Waals surface area (Å²) in [4.78, 5) is 78.6. The molecule has 31 nitrogen and oxygen atoms in total. The van der Waals surface area contributed by atoms with Crippen LogP contribution in [0, 0.1) is 0 Å². The number of nitrogens with one attached hydrogen (secondary N) is 3. The van der Waals surface area contributed by atoms with Gasteiger partial charge in [0, 0.05) is 67.7 Å². The van der Waals surface area contributed by atoms with Crippen LogP contribution in [0.15, 0.2) is 73.9 Å². The highest BCUT2D eigenvalue weighted by molar-refractivity contribution is 7.86. The summed E-state index contributed by atoms with van der Waals surface area (Å²) in [6.45, 7) is -0.805. The molecule has 1 fully saturated rings. The van der Waals surface area contributed by atoms with Crippen LogP contribution in [0.3, 0.4) is 0 Å². The fourth-order valence-electron chi connectivity index (χ4n) is 8.32. The van der Waals surface area contributed by atoms with Crippen LogP contribution in [0.25, 0.3) is 44.6 Å². The number of carbonyl (C=O) groups excluding carboxylic acids is 2. The number of aliphatic hydroxyl groups is 1. The van der Waals surface area contributed by atoms with E-state index >= 15 is 0 Å². The van der Waals surface area contributed by atoms with Gasteiger partial charge in [-0.2, -0.15) is 22.0 Å². The lowest BCUT2D eigenvalue weighted by Crippen LogP contribution is -2.47. The highest BCUT2D eigenvalue weighted by Crippen LogP contribution is 2.66. The molecule has 3 aliphatic rings. The number of rotatable bonds is 24. The normalized spacial score (nSPS) is 18.5. The molecule has 2 aromatic carbocycles. The van der Waals surface area contributed by atoms with Crippen molar-refractivity contribution in [2.75, 3.05) is 44.8 Å². The van der Waals surface area contributed by atoms with Crippen LogP contribution in [-0.2, 0) is 56.6 Å². The average Bonchev–Trinajstić information content (AvgIpc) is 3.93. The highest BCUT2D eigenvalue weighted by atomic mass is 32.2. The van der Waals surface area contributed by atoms with Gasteiger partial charge in [0.05, 0.1) is 24.7 Å². The number of nitrogen functional groups attached to an aromatic ring is 2. The van der Waals surface area contributed by atoms with Crippen LogP contribution in [0.4, 0.5) is 11.6 Å². The SMILES string of the molecule is CN(CCCC(=O)NCCCCCCNP(=O)(O)OP(=O)(O)OP(=O)(O)OC[C@H]1O[C@@H](n2cnc3c(=O)[nH]c(N)nc32)C[C@@H]1O)C(=O)c1ccccc1-c1c2ccc(=[NH2+])c(S(=O)(=O)O)c-2oc2c(S(=O)(=O)[O-])c(N)ccc12. The number of hydrogen-bond acceptors (Lipinski definition) is 21. The number of phosphoric acid groups is 2. The molecule has 2 aromatic heterocycles. The molecule has 6 atom stereocenters. The number of anilines is 2. The molecule has 4 heterocycles. The first-order valence-electron chi connectivity index (χ1n) is 22.8. The molecule has 3 unspecified atom stereocenters. The number of H-pyrrole nitrogens is 1. The zero-order chi connectivity index (χ0) is 56.4. The number of unbranched alkanes of at least 4 members (excludes halogenated alkanes) is 3. The smallest absolute Gasteiger partial charge is 0.489 e. The number of ether oxygens (including phenoxy) is 1. The molecule has 4 aromatic rings. The second-order valence-corrected chi connectivity index (χ2v) is 24.8. The molecule has 0 spiro atoms. The third kappa shape index (κ3) is 14.1. The molecule has 36 heteroatoms. The first kappa shape index (κ1) is 58.8. The van der Waals surface area contributed by atoms with E-state index in [1.807, 2.05) is 5.09 Å². The molecule has 1 saturated heterocycles. The number of aromatic amines is 1. The Morgan fingerprint density at radius 1 is 0.961 bits per heavy atom. The fraction of sp³-hybridized carbons (Fsp3) is 0.366. The Balaban J connectivity index is 0.835. The van der Waals surface area contributed by atoms with Gasteiger partial charge in [0.25, 0.3) is 11.5 Å². The first-order chi connectivity index (χ1) is 36.0. The summed E-state index contributed by atoms with van der Waals surface area (Å²) in [5, 5.41) is 20.6. The van der Waals surface area contributed by atoms with Crippen molar-refractivity contribution in [3.8, 4) is 22.5 Å². The minimum atomic E-state index is -5.75. The lowest BCUT2D eigenvalue weighted by molar-refractivity contribution is -0.176. The van der Waals surface area contributed by atoms with Crippen molar-refractivity contribution >= 4 is 89.2 Å². The Morgan fingerprint density at radius 2 is 1.66 bits per heavy atom. The Labute approximate surface area is 435 Å². The number of phosphoric ester groups is 1. The number of nitrogens with two attached hydrogens (primary N) is 3. The van der Waals surface area contributed by atoms with E-state index in [1.165, 1.54) is 53.2 Å². The second-order valence-electron chi connectivity index (χ2n) is 17.3. The van der Waals surface area contributed by atoms with Gasteiger partial charge in [0.1, 0.15) is 27.3 Å². The van der Waals surface area contributed by atoms with Gasteiger partial charge in [-0.25, -0.2) is 32.2 Å². The van der Waals surface area contributed by atoms with Crippen LogP contribution in [0.5, 0.6) is 0 Å². The van der Waals surface area contributed by atoms with Gasteiger partial charge >= 0.3 is 33.5 Å². The molecule has 2 aliphatic heterocycles. The van der Waals surface area contributed by atoms with Gasteiger partial charge < -0.3 is 55.2 Å². The van der Waals surface area contributed by atoms with Crippen LogP contribution in [0.2, 0.25) is 0 Å².